The third-order valence-corrected chi connectivity index (χ3v) is 1.91. The summed E-state index contributed by atoms with van der Waals surface area (Å²) in [5.41, 5.74) is 0.838. The average Bonchev–Trinajstić information content (AvgIpc) is 2.30. The van der Waals surface area contributed by atoms with E-state index in [1.165, 1.54) is 0 Å². The van der Waals surface area contributed by atoms with E-state index < -0.39 is 6.10 Å². The molecule has 0 aromatic carbocycles. The lowest BCUT2D eigenvalue weighted by Crippen LogP contribution is -2.30. The van der Waals surface area contributed by atoms with E-state index in [9.17, 15) is 5.11 Å². The molecule has 0 radical (unpaired) electrons. The lowest BCUT2D eigenvalue weighted by Gasteiger charge is -2.16. The highest BCUT2D eigenvalue weighted by molar-refractivity contribution is 5.86. The first-order valence-corrected chi connectivity index (χ1v) is 3.67. The van der Waals surface area contributed by atoms with Crippen molar-refractivity contribution < 1.29 is 9.94 Å². The molecule has 3 nitrogen and oxygen atoms in total. The van der Waals surface area contributed by atoms with Gasteiger partial charge in [0.15, 0.2) is 6.10 Å². The highest BCUT2D eigenvalue weighted by Gasteiger charge is 2.32. The van der Waals surface area contributed by atoms with Crippen molar-refractivity contribution in [3.05, 3.63) is 12.7 Å². The first-order chi connectivity index (χ1) is 5.16. The summed E-state index contributed by atoms with van der Waals surface area (Å²) in [4.78, 5) is 5.00. The van der Waals surface area contributed by atoms with E-state index in [1.54, 1.807) is 13.0 Å². The topological polar surface area (TPSA) is 41.8 Å². The van der Waals surface area contributed by atoms with Crippen LogP contribution in [-0.4, -0.2) is 23.0 Å². The van der Waals surface area contributed by atoms with E-state index >= 15 is 0 Å². The van der Waals surface area contributed by atoms with Crippen LogP contribution in [0.2, 0.25) is 0 Å². The maximum Gasteiger partial charge on any atom is 0.156 e. The molecule has 0 saturated carbocycles. The Morgan fingerprint density at radius 3 is 2.82 bits per heavy atom. The van der Waals surface area contributed by atoms with Gasteiger partial charge in [0.25, 0.3) is 0 Å². The second kappa shape index (κ2) is 3.05. The van der Waals surface area contributed by atoms with Crippen molar-refractivity contribution in [2.24, 2.45) is 11.1 Å². The molecular formula is C8H13NO2. The Morgan fingerprint density at radius 2 is 2.45 bits per heavy atom. The zero-order chi connectivity index (χ0) is 8.43. The largest absolute Gasteiger partial charge is 0.393 e. The second-order valence-corrected chi connectivity index (χ2v) is 2.80. The zero-order valence-corrected chi connectivity index (χ0v) is 6.82. The highest BCUT2D eigenvalue weighted by atomic mass is 16.6. The second-order valence-electron chi connectivity index (χ2n) is 2.80. The van der Waals surface area contributed by atoms with Crippen LogP contribution in [0.1, 0.15) is 13.8 Å². The maximum atomic E-state index is 9.32. The maximum absolute atomic E-state index is 9.32. The van der Waals surface area contributed by atoms with Crippen molar-refractivity contribution in [1.82, 2.24) is 0 Å². The standard InChI is InChI=1S/C8H13NO2/c1-4-7-8(6(3)10)5(2)9-11-7/h4,6-8,10H,1H2,2-3H3/t6-,7+,8-/m0/s1. The first-order valence-electron chi connectivity index (χ1n) is 3.67. The SMILES string of the molecule is C=C[C@H]1ON=C(C)[C@H]1[C@H](C)O. The highest BCUT2D eigenvalue weighted by Crippen LogP contribution is 2.22. The Balaban J connectivity index is 2.71. The molecule has 3 atom stereocenters. The van der Waals surface area contributed by atoms with Crippen LogP contribution in [0, 0.1) is 5.92 Å². The molecule has 0 bridgehead atoms. The molecule has 1 heterocycles. The Hall–Kier alpha value is -0.830. The molecule has 1 aliphatic rings. The van der Waals surface area contributed by atoms with Crippen molar-refractivity contribution in [3.8, 4) is 0 Å². The number of rotatable bonds is 2. The van der Waals surface area contributed by atoms with Crippen molar-refractivity contribution in [2.45, 2.75) is 26.1 Å². The van der Waals surface area contributed by atoms with Crippen LogP contribution in [0.3, 0.4) is 0 Å². The third kappa shape index (κ3) is 1.43. The number of oxime groups is 1. The van der Waals surface area contributed by atoms with Crippen molar-refractivity contribution in [1.29, 1.82) is 0 Å². The lowest BCUT2D eigenvalue weighted by molar-refractivity contribution is 0.0512. The van der Waals surface area contributed by atoms with Gasteiger partial charge in [-0.2, -0.15) is 0 Å². The number of hydrogen-bond donors (Lipinski definition) is 1. The molecule has 0 saturated heterocycles. The summed E-state index contributed by atoms with van der Waals surface area (Å²) in [5.74, 6) is -0.0208. The van der Waals surface area contributed by atoms with Crippen LogP contribution in [0.5, 0.6) is 0 Å². The van der Waals surface area contributed by atoms with Crippen LogP contribution in [0.15, 0.2) is 17.8 Å². The van der Waals surface area contributed by atoms with Gasteiger partial charge in [-0.25, -0.2) is 0 Å². The summed E-state index contributed by atoms with van der Waals surface area (Å²) in [7, 11) is 0. The van der Waals surface area contributed by atoms with Crippen LogP contribution in [-0.2, 0) is 4.84 Å². The zero-order valence-electron chi connectivity index (χ0n) is 6.82. The Labute approximate surface area is 66.4 Å². The fourth-order valence-corrected chi connectivity index (χ4v) is 1.32. The summed E-state index contributed by atoms with van der Waals surface area (Å²) in [6, 6.07) is 0. The third-order valence-electron chi connectivity index (χ3n) is 1.91. The monoisotopic (exact) mass is 155 g/mol. The Morgan fingerprint density at radius 1 is 1.82 bits per heavy atom. The van der Waals surface area contributed by atoms with E-state index in [0.29, 0.717) is 0 Å². The predicted octanol–water partition coefficient (Wildman–Crippen LogP) is 0.944. The van der Waals surface area contributed by atoms with Gasteiger partial charge in [0.05, 0.1) is 17.7 Å². The van der Waals surface area contributed by atoms with Gasteiger partial charge in [0.2, 0.25) is 0 Å². The van der Waals surface area contributed by atoms with E-state index in [-0.39, 0.29) is 12.0 Å². The summed E-state index contributed by atoms with van der Waals surface area (Å²) in [6.45, 7) is 7.18. The molecule has 0 unspecified atom stereocenters. The average molecular weight is 155 g/mol. The lowest BCUT2D eigenvalue weighted by atomic mass is 9.93. The van der Waals surface area contributed by atoms with Crippen LogP contribution >= 0.6 is 0 Å². The van der Waals surface area contributed by atoms with Gasteiger partial charge in [0, 0.05) is 0 Å². The minimum Gasteiger partial charge on any atom is -0.393 e. The van der Waals surface area contributed by atoms with Crippen LogP contribution in [0.25, 0.3) is 0 Å². The number of aliphatic hydroxyl groups is 1. The smallest absolute Gasteiger partial charge is 0.156 e. The molecule has 1 aliphatic heterocycles. The molecule has 0 amide bonds. The van der Waals surface area contributed by atoms with E-state index in [2.05, 4.69) is 11.7 Å². The van der Waals surface area contributed by atoms with Crippen LogP contribution in [0.4, 0.5) is 0 Å². The summed E-state index contributed by atoms with van der Waals surface area (Å²) < 4.78 is 0. The molecule has 11 heavy (non-hydrogen) atoms. The number of hydrogen-bond acceptors (Lipinski definition) is 3. The van der Waals surface area contributed by atoms with E-state index in [0.717, 1.165) is 5.71 Å². The fourth-order valence-electron chi connectivity index (χ4n) is 1.32. The molecule has 0 aliphatic carbocycles. The predicted molar refractivity (Wildman–Crippen MR) is 43.3 cm³/mol. The van der Waals surface area contributed by atoms with Gasteiger partial charge in [-0.05, 0) is 19.9 Å². The minimum absolute atomic E-state index is 0.0208. The molecule has 0 aromatic heterocycles. The molecule has 0 spiro atoms. The minimum atomic E-state index is -0.427. The van der Waals surface area contributed by atoms with Crippen molar-refractivity contribution in [3.63, 3.8) is 0 Å². The quantitative estimate of drug-likeness (QED) is 0.603. The number of nitrogens with zero attached hydrogens (tertiary/aromatic N) is 1. The Kier molecular flexibility index (Phi) is 2.29. The molecule has 0 aromatic rings. The van der Waals surface area contributed by atoms with Gasteiger partial charge in [-0.3, -0.25) is 0 Å². The van der Waals surface area contributed by atoms with Gasteiger partial charge in [0.1, 0.15) is 0 Å². The molecule has 1 N–H and O–H groups in total. The normalized spacial score (nSPS) is 32.5. The molecule has 1 rings (SSSR count). The molecule has 62 valence electrons. The first kappa shape index (κ1) is 8.27. The fraction of sp³-hybridized carbons (Fsp3) is 0.625. The molecular weight excluding hydrogens is 142 g/mol. The van der Waals surface area contributed by atoms with Gasteiger partial charge in [-0.15, -0.1) is 0 Å². The number of aliphatic hydroxyl groups excluding tert-OH is 1. The van der Waals surface area contributed by atoms with Gasteiger partial charge >= 0.3 is 0 Å². The molecule has 3 heteroatoms. The van der Waals surface area contributed by atoms with Crippen molar-refractivity contribution in [2.75, 3.05) is 0 Å². The molecule has 0 fully saturated rings. The summed E-state index contributed by atoms with van der Waals surface area (Å²) in [5, 5.41) is 13.1. The van der Waals surface area contributed by atoms with Gasteiger partial charge < -0.3 is 9.94 Å². The van der Waals surface area contributed by atoms with Crippen LogP contribution < -0.4 is 0 Å². The Bertz CT molecular complexity index is 187. The van der Waals surface area contributed by atoms with E-state index in [4.69, 9.17) is 4.84 Å². The summed E-state index contributed by atoms with van der Waals surface area (Å²) >= 11 is 0. The summed E-state index contributed by atoms with van der Waals surface area (Å²) in [6.07, 6.45) is 1.08. The van der Waals surface area contributed by atoms with Gasteiger partial charge in [-0.1, -0.05) is 11.7 Å². The van der Waals surface area contributed by atoms with E-state index in [1.807, 2.05) is 6.92 Å². The van der Waals surface area contributed by atoms with Crippen molar-refractivity contribution >= 4 is 5.71 Å².